The topological polar surface area (TPSA) is 129 Å². The third-order valence-electron chi connectivity index (χ3n) is 2.82. The van der Waals surface area contributed by atoms with Gasteiger partial charge in [-0.2, -0.15) is 0 Å². The fraction of sp³-hybridized carbons (Fsp3) is 0.478. The molecule has 9 heteroatoms. The summed E-state index contributed by atoms with van der Waals surface area (Å²) >= 11 is 0. The van der Waals surface area contributed by atoms with Crippen LogP contribution in [0.5, 0.6) is 0 Å². The van der Waals surface area contributed by atoms with Crippen LogP contribution in [0.2, 0.25) is 0 Å². The maximum absolute atomic E-state index is 7.50. The largest absolute Gasteiger partial charge is 0 e. The van der Waals surface area contributed by atoms with Gasteiger partial charge in [-0.05, 0) is 31.4 Å². The minimum absolute atomic E-state index is 0. The SMILES string of the molecule is C=CC[C]=[C]C(CC)O[C@H](C=C)CCCCCC.[C-]#[O+].[C-]#[O+].[C-]#[O+].[C-]#[O+].[C-]#[O+].[C-]#[O+].[Co].[Co]. The van der Waals surface area contributed by atoms with Crippen LogP contribution in [0.4, 0.5) is 0 Å². The number of hydrogen-bond acceptors (Lipinski definition) is 1. The van der Waals surface area contributed by atoms with Crippen molar-refractivity contribution in [3.63, 3.8) is 0 Å². The van der Waals surface area contributed by atoms with Crippen molar-refractivity contribution in [2.45, 2.75) is 71.0 Å². The molecule has 0 aliphatic carbocycles. The first-order chi connectivity index (χ1) is 14.8. The Hall–Kier alpha value is -1.37. The van der Waals surface area contributed by atoms with Crippen LogP contribution in [0.1, 0.15) is 58.8 Å². The third-order valence-corrected chi connectivity index (χ3v) is 2.82. The second-order valence-electron chi connectivity index (χ2n) is 4.47. The van der Waals surface area contributed by atoms with Crippen molar-refractivity contribution in [2.24, 2.45) is 0 Å². The molecule has 0 aromatic carbocycles. The van der Waals surface area contributed by atoms with Crippen molar-refractivity contribution in [3.8, 4) is 0 Å². The Morgan fingerprint density at radius 2 is 1.22 bits per heavy atom. The first-order valence-electron chi connectivity index (χ1n) is 8.38. The van der Waals surface area contributed by atoms with E-state index in [1.807, 2.05) is 12.2 Å². The molecule has 0 fully saturated rings. The molecular formula is C23H28Co2O7. The molecule has 2 atom stereocenters. The van der Waals surface area contributed by atoms with E-state index in [0.717, 1.165) is 19.3 Å². The summed E-state index contributed by atoms with van der Waals surface area (Å²) in [6.07, 6.45) is 17.9. The van der Waals surface area contributed by atoms with Crippen LogP contribution in [0.15, 0.2) is 25.3 Å². The Balaban J connectivity index is -0.0000000465. The molecule has 0 amide bonds. The molecule has 0 saturated carbocycles. The van der Waals surface area contributed by atoms with Crippen LogP contribution >= 0.6 is 0 Å². The van der Waals surface area contributed by atoms with Gasteiger partial charge in [-0.15, -0.1) is 13.2 Å². The summed E-state index contributed by atoms with van der Waals surface area (Å²) in [6.45, 7) is 38.8. The van der Waals surface area contributed by atoms with Crippen molar-refractivity contribution in [2.75, 3.05) is 0 Å². The van der Waals surface area contributed by atoms with E-state index in [4.69, 9.17) is 32.6 Å². The second-order valence-corrected chi connectivity index (χ2v) is 4.47. The molecular weight excluding hydrogens is 506 g/mol. The van der Waals surface area contributed by atoms with Gasteiger partial charge in [-0.3, -0.25) is 0 Å². The van der Waals surface area contributed by atoms with Gasteiger partial charge in [0.25, 0.3) is 0 Å². The number of unbranched alkanes of at least 4 members (excludes halogenated alkanes) is 3. The number of ether oxygens (including phenoxy) is 1. The van der Waals surface area contributed by atoms with Crippen molar-refractivity contribution in [3.05, 3.63) is 77.4 Å². The first-order valence-corrected chi connectivity index (χ1v) is 8.38. The van der Waals surface area contributed by atoms with Gasteiger partial charge in [0.15, 0.2) is 0 Å². The fourth-order valence-corrected chi connectivity index (χ4v) is 1.70. The van der Waals surface area contributed by atoms with E-state index in [-0.39, 0.29) is 45.8 Å². The van der Waals surface area contributed by atoms with E-state index >= 15 is 0 Å². The van der Waals surface area contributed by atoms with Gasteiger partial charge in [-0.25, -0.2) is 0 Å². The van der Waals surface area contributed by atoms with Gasteiger partial charge in [-0.1, -0.05) is 51.7 Å². The summed E-state index contributed by atoms with van der Waals surface area (Å²) in [5.74, 6) is 0. The Labute approximate surface area is 214 Å². The zero-order chi connectivity index (χ0) is 25.6. The Bertz CT molecular complexity index is 418. The number of rotatable bonds is 12. The van der Waals surface area contributed by atoms with E-state index in [9.17, 15) is 0 Å². The van der Waals surface area contributed by atoms with Gasteiger partial charge < -0.3 is 4.74 Å². The Morgan fingerprint density at radius 3 is 1.53 bits per heavy atom. The molecule has 180 valence electrons. The molecule has 0 aromatic heterocycles. The molecule has 0 spiro atoms. The summed E-state index contributed by atoms with van der Waals surface area (Å²) in [7, 11) is 0. The van der Waals surface area contributed by atoms with Crippen LogP contribution < -0.4 is 0 Å². The van der Waals surface area contributed by atoms with Crippen molar-refractivity contribution >= 4 is 0 Å². The van der Waals surface area contributed by atoms with Crippen LogP contribution in [0, 0.1) is 52.1 Å². The monoisotopic (exact) mass is 534 g/mol. The number of allylic oxidation sites excluding steroid dienone is 2. The van der Waals surface area contributed by atoms with Gasteiger partial charge in [0, 0.05) is 33.6 Å². The smallest absolute Gasteiger partial charge is 0 e. The molecule has 0 rings (SSSR count). The van der Waals surface area contributed by atoms with E-state index in [0.29, 0.717) is 0 Å². The molecule has 0 aliphatic rings. The van der Waals surface area contributed by atoms with Crippen LogP contribution in [0.25, 0.3) is 0 Å². The van der Waals surface area contributed by atoms with Gasteiger partial charge in [0.05, 0.1) is 12.2 Å². The molecule has 0 bridgehead atoms. The normalized spacial score (nSPS) is 8.56. The minimum atomic E-state index is 0. The summed E-state index contributed by atoms with van der Waals surface area (Å²) in [5, 5.41) is 0. The first kappa shape index (κ1) is 57.5. The Morgan fingerprint density at radius 1 is 0.781 bits per heavy atom. The molecule has 0 aliphatic heterocycles. The van der Waals surface area contributed by atoms with Gasteiger partial charge in [0.2, 0.25) is 0 Å². The molecule has 4 radical (unpaired) electrons. The molecule has 0 aromatic rings. The average molecular weight is 534 g/mol. The maximum Gasteiger partial charge on any atom is 0 e. The molecule has 32 heavy (non-hydrogen) atoms. The average Bonchev–Trinajstić information content (AvgIpc) is 2.87. The summed E-state index contributed by atoms with van der Waals surface area (Å²) < 4.78 is 50.9. The zero-order valence-corrected chi connectivity index (χ0v) is 20.3. The third kappa shape index (κ3) is 70.3. The minimum Gasteiger partial charge on any atom is 0 e. The maximum atomic E-state index is 7.50. The molecule has 1 unspecified atom stereocenters. The van der Waals surface area contributed by atoms with E-state index in [2.05, 4.69) is 79.1 Å². The summed E-state index contributed by atoms with van der Waals surface area (Å²) in [4.78, 5) is 0. The molecule has 0 heterocycles. The molecule has 0 saturated heterocycles. The second kappa shape index (κ2) is 87.8. The standard InChI is InChI=1S/C17H28O.6CO.2Co/c1-5-9-11-13-15-17(8-4)18-16(7-3)14-12-10-6-2;6*1-2;;/h6,8,16-17H,2,4-5,7,9-11,13,15H2,1,3H3;;;;;;;;/t16?,17-;;;;;;;;/m1......../s1. The van der Waals surface area contributed by atoms with Crippen LogP contribution in [0.3, 0.4) is 0 Å². The predicted octanol–water partition coefficient (Wildman–Crippen LogP) is 4.82. The quantitative estimate of drug-likeness (QED) is 0.151. The van der Waals surface area contributed by atoms with Gasteiger partial charge in [0.1, 0.15) is 0 Å². The van der Waals surface area contributed by atoms with Crippen LogP contribution in [-0.4, -0.2) is 12.2 Å². The molecule has 7 nitrogen and oxygen atoms in total. The van der Waals surface area contributed by atoms with Crippen molar-refractivity contribution < 1.29 is 66.2 Å². The molecule has 0 N–H and O–H groups in total. The Kier molecular flexibility index (Phi) is 158. The van der Waals surface area contributed by atoms with E-state index in [1.54, 1.807) is 0 Å². The van der Waals surface area contributed by atoms with Crippen molar-refractivity contribution in [1.82, 2.24) is 0 Å². The van der Waals surface area contributed by atoms with Crippen LogP contribution in [-0.2, 0) is 66.2 Å². The number of hydrogen-bond donors (Lipinski definition) is 0. The van der Waals surface area contributed by atoms with E-state index < -0.39 is 0 Å². The fourth-order valence-electron chi connectivity index (χ4n) is 1.70. The zero-order valence-electron chi connectivity index (χ0n) is 18.2. The van der Waals surface area contributed by atoms with Crippen molar-refractivity contribution in [1.29, 1.82) is 0 Å². The summed E-state index contributed by atoms with van der Waals surface area (Å²) in [5.41, 5.74) is 0. The summed E-state index contributed by atoms with van der Waals surface area (Å²) in [6, 6.07) is 0. The predicted molar refractivity (Wildman–Crippen MR) is 103 cm³/mol. The van der Waals surface area contributed by atoms with E-state index in [1.165, 1.54) is 25.7 Å². The van der Waals surface area contributed by atoms with Gasteiger partial charge >= 0.3 is 67.8 Å².